The van der Waals surface area contributed by atoms with Gasteiger partial charge in [-0.25, -0.2) is 0 Å². The van der Waals surface area contributed by atoms with Crippen molar-refractivity contribution >= 4 is 74.2 Å². The third-order valence-corrected chi connectivity index (χ3v) is 12.2. The predicted octanol–water partition coefficient (Wildman–Crippen LogP) is 6.27. The lowest BCUT2D eigenvalue weighted by molar-refractivity contribution is -0.138. The normalized spacial score (nSPS) is 29.4. The van der Waals surface area contributed by atoms with Crippen molar-refractivity contribution in [2.45, 2.75) is 34.9 Å². The fourth-order valence-corrected chi connectivity index (χ4v) is 9.45. The minimum absolute atomic E-state index is 0.108. The molecule has 0 spiro atoms. The number of amides is 4. The number of phenolic OH excluding ortho intramolecular Hbond substituents is 1. The van der Waals surface area contributed by atoms with Crippen LogP contribution in [0.1, 0.15) is 45.8 Å². The summed E-state index contributed by atoms with van der Waals surface area (Å²) in [4.78, 5) is 67.3. The van der Waals surface area contributed by atoms with E-state index in [1.54, 1.807) is 72.8 Å². The van der Waals surface area contributed by atoms with E-state index < -0.39 is 57.0 Å². The third-order valence-electron chi connectivity index (χ3n) is 10.3. The van der Waals surface area contributed by atoms with Crippen LogP contribution in [0.25, 0.3) is 0 Å². The molecule has 7 rings (SSSR count). The number of carbonyl (C=O) groups is 5. The maximum Gasteiger partial charge on any atom is 0.254 e. The summed E-state index contributed by atoms with van der Waals surface area (Å²) in [5.41, 5.74) is 2.51. The van der Waals surface area contributed by atoms with Crippen molar-refractivity contribution in [3.8, 4) is 5.75 Å². The van der Waals surface area contributed by atoms with E-state index in [-0.39, 0.29) is 29.8 Å². The van der Waals surface area contributed by atoms with Gasteiger partial charge in [-0.05, 0) is 55.0 Å². The van der Waals surface area contributed by atoms with Crippen molar-refractivity contribution in [2.24, 2.45) is 17.8 Å². The summed E-state index contributed by atoms with van der Waals surface area (Å²) in [7, 11) is 0. The minimum atomic E-state index is -2.02. The Morgan fingerprint density at radius 2 is 1.60 bits per heavy atom. The molecule has 8 nitrogen and oxygen atoms in total. The summed E-state index contributed by atoms with van der Waals surface area (Å²) >= 11 is 17.8. The van der Waals surface area contributed by atoms with Crippen LogP contribution in [0, 0.1) is 17.8 Å². The standard InChI is InChI=1S/C37H29BrCl2N2O6/c1-2-7-20-10-6-11-26(31(20)44)29-24-16-17-25-28(27(24)18-36(39)34(47)41(19-38)35(48)37(29,36)40)33(46)42(32(25)45)23-14-12-22(13-15-23)30(43)21-8-4-3-5-9-21/h2-6,8-16,25,27-29,44H,1,7,17-19H2. The number of nitrogens with zero attached hydrogens (tertiary/aromatic N) is 2. The van der Waals surface area contributed by atoms with Gasteiger partial charge in [0.05, 0.1) is 23.0 Å². The first kappa shape index (κ1) is 32.5. The van der Waals surface area contributed by atoms with Gasteiger partial charge < -0.3 is 5.11 Å². The van der Waals surface area contributed by atoms with E-state index in [1.807, 2.05) is 12.1 Å². The van der Waals surface area contributed by atoms with Crippen molar-refractivity contribution in [2.75, 3.05) is 10.4 Å². The highest BCUT2D eigenvalue weighted by molar-refractivity contribution is 9.09. The van der Waals surface area contributed by atoms with Gasteiger partial charge >= 0.3 is 0 Å². The van der Waals surface area contributed by atoms with E-state index >= 15 is 0 Å². The van der Waals surface area contributed by atoms with Gasteiger partial charge in [-0.3, -0.25) is 33.8 Å². The van der Waals surface area contributed by atoms with Gasteiger partial charge in [0.1, 0.15) is 5.75 Å². The first-order valence-electron chi connectivity index (χ1n) is 15.5. The molecule has 1 saturated carbocycles. The molecule has 2 aliphatic heterocycles. The monoisotopic (exact) mass is 746 g/mol. The van der Waals surface area contributed by atoms with Crippen LogP contribution in [0.2, 0.25) is 0 Å². The van der Waals surface area contributed by atoms with E-state index in [9.17, 15) is 29.1 Å². The SMILES string of the molecule is C=CCc1cccc(C2C3=CCC4C(=O)N(c5ccc(C(=O)c6ccccc6)cc5)C(=O)C4C3CC3(Cl)C(=O)N(CBr)C(=O)C23Cl)c1O. The van der Waals surface area contributed by atoms with E-state index in [0.717, 1.165) is 9.80 Å². The molecule has 0 aromatic heterocycles. The second-order valence-electron chi connectivity index (χ2n) is 12.6. The number of carbonyl (C=O) groups excluding carboxylic acids is 5. The molecule has 6 unspecified atom stereocenters. The number of likely N-dealkylation sites (tertiary alicyclic amines) is 1. The molecule has 1 N–H and O–H groups in total. The van der Waals surface area contributed by atoms with E-state index in [0.29, 0.717) is 39.9 Å². The zero-order valence-electron chi connectivity index (χ0n) is 25.4. The summed E-state index contributed by atoms with van der Waals surface area (Å²) in [6.07, 6.45) is 3.80. The van der Waals surface area contributed by atoms with Gasteiger partial charge in [0.25, 0.3) is 11.8 Å². The van der Waals surface area contributed by atoms with E-state index in [4.69, 9.17) is 23.2 Å². The maximum atomic E-state index is 14.3. The van der Waals surface area contributed by atoms with Crippen molar-refractivity contribution in [3.63, 3.8) is 0 Å². The van der Waals surface area contributed by atoms with Gasteiger partial charge in [-0.1, -0.05) is 82.2 Å². The van der Waals surface area contributed by atoms with Crippen molar-refractivity contribution in [1.82, 2.24) is 4.90 Å². The largest absolute Gasteiger partial charge is 0.507 e. The van der Waals surface area contributed by atoms with E-state index in [2.05, 4.69) is 22.5 Å². The number of phenols is 1. The highest BCUT2D eigenvalue weighted by Crippen LogP contribution is 2.66. The average Bonchev–Trinajstić information content (AvgIpc) is 3.43. The number of hydrogen-bond donors (Lipinski definition) is 1. The van der Waals surface area contributed by atoms with Gasteiger partial charge in [0.2, 0.25) is 11.8 Å². The van der Waals surface area contributed by atoms with Gasteiger partial charge in [-0.2, -0.15) is 0 Å². The highest BCUT2D eigenvalue weighted by atomic mass is 79.9. The highest BCUT2D eigenvalue weighted by Gasteiger charge is 2.76. The predicted molar refractivity (Wildman–Crippen MR) is 184 cm³/mol. The summed E-state index contributed by atoms with van der Waals surface area (Å²) in [6, 6.07) is 20.2. The first-order valence-corrected chi connectivity index (χ1v) is 17.4. The van der Waals surface area contributed by atoms with Crippen LogP contribution in [0.3, 0.4) is 0 Å². The topological polar surface area (TPSA) is 112 Å². The Labute approximate surface area is 295 Å². The van der Waals surface area contributed by atoms with Crippen molar-refractivity contribution in [1.29, 1.82) is 0 Å². The second-order valence-corrected chi connectivity index (χ2v) is 14.3. The maximum absolute atomic E-state index is 14.3. The third kappa shape index (κ3) is 4.43. The average molecular weight is 748 g/mol. The molecule has 11 heteroatoms. The number of alkyl halides is 3. The first-order chi connectivity index (χ1) is 23.0. The smallest absolute Gasteiger partial charge is 0.254 e. The van der Waals surface area contributed by atoms with E-state index in [1.165, 1.54) is 0 Å². The number of hydrogen-bond acceptors (Lipinski definition) is 6. The van der Waals surface area contributed by atoms with Crippen LogP contribution in [0.5, 0.6) is 5.75 Å². The molecule has 2 saturated heterocycles. The molecule has 4 aliphatic rings. The number of imide groups is 2. The zero-order chi connectivity index (χ0) is 34.1. The summed E-state index contributed by atoms with van der Waals surface area (Å²) in [5.74, 6) is -6.06. The molecule has 0 radical (unpaired) electrons. The van der Waals surface area contributed by atoms with Gasteiger partial charge in [-0.15, -0.1) is 29.8 Å². The Bertz CT molecular complexity index is 1950. The second kappa shape index (κ2) is 11.8. The number of ketones is 1. The van der Waals surface area contributed by atoms with Crippen LogP contribution in [-0.4, -0.2) is 54.6 Å². The summed E-state index contributed by atoms with van der Waals surface area (Å²) in [5, 5.41) is 11.5. The number of allylic oxidation sites excluding steroid dienone is 3. The summed E-state index contributed by atoms with van der Waals surface area (Å²) in [6.45, 7) is 3.77. The van der Waals surface area contributed by atoms with Crippen LogP contribution >= 0.6 is 39.1 Å². The number of rotatable bonds is 7. The van der Waals surface area contributed by atoms with Crippen LogP contribution in [-0.2, 0) is 25.6 Å². The fourth-order valence-electron chi connectivity index (χ4n) is 8.04. The molecule has 3 aromatic carbocycles. The molecule has 2 aliphatic carbocycles. The molecular weight excluding hydrogens is 719 g/mol. The molecule has 244 valence electrons. The summed E-state index contributed by atoms with van der Waals surface area (Å²) < 4.78 is 0. The Hall–Kier alpha value is -4.05. The van der Waals surface area contributed by atoms with Crippen molar-refractivity contribution < 1.29 is 29.1 Å². The lowest BCUT2D eigenvalue weighted by Crippen LogP contribution is -2.60. The zero-order valence-corrected chi connectivity index (χ0v) is 28.5. The number of benzene rings is 3. The minimum Gasteiger partial charge on any atom is -0.507 e. The molecular formula is C37H29BrCl2N2O6. The Kier molecular flexibility index (Phi) is 8.01. The van der Waals surface area contributed by atoms with Crippen LogP contribution in [0.15, 0.2) is 97.1 Å². The molecule has 3 fully saturated rings. The van der Waals surface area contributed by atoms with Gasteiger partial charge in [0, 0.05) is 22.6 Å². The number of para-hydroxylation sites is 1. The quantitative estimate of drug-likeness (QED) is 0.100. The number of aromatic hydroxyl groups is 1. The molecule has 2 heterocycles. The lowest BCUT2D eigenvalue weighted by atomic mass is 9.56. The molecule has 3 aromatic rings. The molecule has 6 atom stereocenters. The lowest BCUT2D eigenvalue weighted by Gasteiger charge is -2.50. The molecule has 48 heavy (non-hydrogen) atoms. The number of halogens is 3. The molecule has 4 amide bonds. The number of fused-ring (bicyclic) bond motifs is 4. The van der Waals surface area contributed by atoms with Crippen molar-refractivity contribution in [3.05, 3.63) is 119 Å². The van der Waals surface area contributed by atoms with Gasteiger partial charge in [0.15, 0.2) is 15.5 Å². The number of anilines is 1. The Morgan fingerprint density at radius 3 is 2.27 bits per heavy atom. The van der Waals surface area contributed by atoms with Crippen LogP contribution in [0.4, 0.5) is 5.69 Å². The van der Waals surface area contributed by atoms with Crippen LogP contribution < -0.4 is 4.90 Å². The fraction of sp³-hybridized carbons (Fsp3) is 0.270. The Balaban J connectivity index is 1.30. The molecule has 0 bridgehead atoms. The Morgan fingerprint density at radius 1 is 0.917 bits per heavy atom.